The van der Waals surface area contributed by atoms with Crippen molar-refractivity contribution in [3.8, 4) is 23.4 Å². The van der Waals surface area contributed by atoms with Gasteiger partial charge in [-0.05, 0) is 24.3 Å². The van der Waals surface area contributed by atoms with Gasteiger partial charge in [0, 0.05) is 17.8 Å². The molecule has 0 aliphatic rings. The number of anilines is 2. The van der Waals surface area contributed by atoms with Crippen molar-refractivity contribution in [2.75, 3.05) is 11.1 Å². The summed E-state index contributed by atoms with van der Waals surface area (Å²) in [6.07, 6.45) is 0. The summed E-state index contributed by atoms with van der Waals surface area (Å²) in [5.74, 6) is -0.701. The lowest BCUT2D eigenvalue weighted by Gasteiger charge is -2.14. The van der Waals surface area contributed by atoms with Crippen LogP contribution in [-0.2, 0) is 11.8 Å². The van der Waals surface area contributed by atoms with E-state index in [0.717, 1.165) is 11.8 Å². The molecule has 1 atom stereocenters. The molecule has 14 heteroatoms. The number of nitro groups is 1. The molecular formula is C19H15N8O5S+. The first kappa shape index (κ1) is 23.0. The molecule has 0 radical (unpaired) electrons. The first-order valence-electron chi connectivity index (χ1n) is 9.11. The monoisotopic (exact) mass is 467 g/mol. The van der Waals surface area contributed by atoms with Gasteiger partial charge in [-0.3, -0.25) is 19.4 Å². The predicted octanol–water partition coefficient (Wildman–Crippen LogP) is 1.21. The Kier molecular flexibility index (Phi) is 6.41. The number of aromatic nitrogens is 3. The van der Waals surface area contributed by atoms with Crippen LogP contribution in [0.25, 0.3) is 11.3 Å². The van der Waals surface area contributed by atoms with Gasteiger partial charge in [-0.25, -0.2) is 9.78 Å². The molecule has 3 aromatic rings. The third-order valence-electron chi connectivity index (χ3n) is 4.46. The topological polar surface area (TPSA) is 209 Å². The molecule has 1 unspecified atom stereocenters. The number of H-pyrrole nitrogens is 1. The molecule has 2 heterocycles. The Balaban J connectivity index is 1.96. The van der Waals surface area contributed by atoms with Crippen molar-refractivity contribution in [2.45, 2.75) is 17.2 Å². The fourth-order valence-corrected chi connectivity index (χ4v) is 3.78. The number of rotatable bonds is 6. The highest BCUT2D eigenvalue weighted by molar-refractivity contribution is 8.00. The number of nitriles is 2. The summed E-state index contributed by atoms with van der Waals surface area (Å²) in [5, 5.41) is 34.2. The van der Waals surface area contributed by atoms with Crippen molar-refractivity contribution in [3.05, 3.63) is 55.9 Å². The number of hydrogen-bond acceptors (Lipinski definition) is 10. The normalized spacial score (nSPS) is 11.3. The van der Waals surface area contributed by atoms with Gasteiger partial charge in [0.25, 0.3) is 5.69 Å². The van der Waals surface area contributed by atoms with E-state index in [9.17, 15) is 30.2 Å². The van der Waals surface area contributed by atoms with Gasteiger partial charge in [-0.15, -0.1) is 0 Å². The highest BCUT2D eigenvalue weighted by Crippen LogP contribution is 2.35. The van der Waals surface area contributed by atoms with Gasteiger partial charge in [0.05, 0.1) is 15.7 Å². The average Bonchev–Trinajstić information content (AvgIpc) is 3.11. The number of non-ortho nitro benzene ring substituents is 1. The average molecular weight is 467 g/mol. The number of pyridine rings is 1. The molecule has 0 aliphatic heterocycles. The highest BCUT2D eigenvalue weighted by atomic mass is 32.2. The van der Waals surface area contributed by atoms with Crippen molar-refractivity contribution < 1.29 is 18.9 Å². The van der Waals surface area contributed by atoms with Crippen molar-refractivity contribution in [2.24, 2.45) is 7.05 Å². The molecule has 4 N–H and O–H groups in total. The number of carbonyl (C=O) groups is 1. The molecule has 0 saturated heterocycles. The number of nitrogens with two attached hydrogens (primary N) is 1. The van der Waals surface area contributed by atoms with E-state index in [4.69, 9.17) is 10.3 Å². The van der Waals surface area contributed by atoms with Crippen LogP contribution in [0.15, 0.2) is 38.6 Å². The third kappa shape index (κ3) is 4.51. The molecule has 13 nitrogen and oxygen atoms in total. The lowest BCUT2D eigenvalue weighted by Crippen LogP contribution is -2.34. The van der Waals surface area contributed by atoms with Crippen LogP contribution in [0.1, 0.15) is 18.1 Å². The Labute approximate surface area is 189 Å². The van der Waals surface area contributed by atoms with Gasteiger partial charge in [-0.1, -0.05) is 16.4 Å². The summed E-state index contributed by atoms with van der Waals surface area (Å²) in [6.45, 7) is 1.55. The van der Waals surface area contributed by atoms with Crippen LogP contribution in [0, 0.1) is 32.8 Å². The number of nitro benzene ring substituents is 1. The van der Waals surface area contributed by atoms with Gasteiger partial charge in [0.1, 0.15) is 34.1 Å². The Morgan fingerprint density at radius 3 is 2.48 bits per heavy atom. The van der Waals surface area contributed by atoms with Gasteiger partial charge in [-0.2, -0.15) is 10.5 Å². The molecule has 0 bridgehead atoms. The van der Waals surface area contributed by atoms with Gasteiger partial charge in [0.2, 0.25) is 5.91 Å². The van der Waals surface area contributed by atoms with Crippen LogP contribution in [0.2, 0.25) is 0 Å². The molecule has 1 amide bonds. The second-order valence-electron chi connectivity index (χ2n) is 6.59. The molecule has 0 aliphatic carbocycles. The standard InChI is InChI=1S/C19H14N8O5S/c1-9(17(28)23-10-3-5-11(6-4-10)27(30)31)33-18-13(8-21)14(12(7-20)16(22)24-18)15-19(29)32-25-26(15)2/h3-6,9H,1-2H3,(H3-,22,23,24,25,28,29)/p+1. The van der Waals surface area contributed by atoms with Crippen LogP contribution >= 0.6 is 11.8 Å². The maximum Gasteiger partial charge on any atom is 0.435 e. The number of amides is 1. The number of nitrogens with zero attached hydrogens (tertiary/aromatic N) is 5. The van der Waals surface area contributed by atoms with Crippen LogP contribution in [0.3, 0.4) is 0 Å². The number of carbonyl (C=O) groups excluding carboxylic acids is 1. The Hall–Kier alpha value is -4.69. The van der Waals surface area contributed by atoms with Crippen molar-refractivity contribution >= 4 is 34.9 Å². The van der Waals surface area contributed by atoms with Crippen molar-refractivity contribution in [3.63, 3.8) is 0 Å². The lowest BCUT2D eigenvalue weighted by atomic mass is 10.0. The van der Waals surface area contributed by atoms with E-state index >= 15 is 0 Å². The third-order valence-corrected chi connectivity index (χ3v) is 5.55. The molecule has 0 saturated carbocycles. The molecule has 1 aromatic carbocycles. The number of thioether (sulfide) groups is 1. The molecule has 0 fully saturated rings. The smallest absolute Gasteiger partial charge is 0.383 e. The van der Waals surface area contributed by atoms with E-state index < -0.39 is 21.7 Å². The van der Waals surface area contributed by atoms with E-state index in [0.29, 0.717) is 5.69 Å². The Bertz CT molecular complexity index is 1400. The molecule has 0 spiro atoms. The Morgan fingerprint density at radius 1 is 1.33 bits per heavy atom. The number of aryl methyl sites for hydroxylation is 1. The second kappa shape index (κ2) is 9.21. The summed E-state index contributed by atoms with van der Waals surface area (Å²) in [6, 6.07) is 9.04. The lowest BCUT2D eigenvalue weighted by molar-refractivity contribution is -0.730. The van der Waals surface area contributed by atoms with E-state index in [1.165, 1.54) is 36.0 Å². The molecule has 2 aromatic heterocycles. The fourth-order valence-electron chi connectivity index (χ4n) is 2.86. The largest absolute Gasteiger partial charge is 0.435 e. The maximum atomic E-state index is 12.6. The van der Waals surface area contributed by atoms with E-state index in [2.05, 4.69) is 15.6 Å². The predicted molar refractivity (Wildman–Crippen MR) is 115 cm³/mol. The first-order valence-corrected chi connectivity index (χ1v) is 9.99. The summed E-state index contributed by atoms with van der Waals surface area (Å²) >= 11 is 0.891. The molecule has 33 heavy (non-hydrogen) atoms. The van der Waals surface area contributed by atoms with Crippen molar-refractivity contribution in [1.29, 1.82) is 10.5 Å². The molecule has 3 rings (SSSR count). The number of nitrogen functional groups attached to an aromatic ring is 1. The zero-order chi connectivity index (χ0) is 24.3. The van der Waals surface area contributed by atoms with Crippen LogP contribution in [-0.4, -0.2) is 26.3 Å². The quantitative estimate of drug-likeness (QED) is 0.204. The number of aromatic amines is 1. The zero-order valence-electron chi connectivity index (χ0n) is 17.1. The zero-order valence-corrected chi connectivity index (χ0v) is 18.0. The molecule has 166 valence electrons. The fraction of sp³-hybridized carbons (Fsp3) is 0.158. The summed E-state index contributed by atoms with van der Waals surface area (Å²) in [4.78, 5) is 39.1. The Morgan fingerprint density at radius 2 is 1.97 bits per heavy atom. The first-order chi connectivity index (χ1) is 15.7. The highest BCUT2D eigenvalue weighted by Gasteiger charge is 2.32. The van der Waals surface area contributed by atoms with Gasteiger partial charge in [0.15, 0.2) is 7.05 Å². The van der Waals surface area contributed by atoms with E-state index in [1.54, 1.807) is 6.92 Å². The molecular weight excluding hydrogens is 452 g/mol. The van der Waals surface area contributed by atoms with Crippen LogP contribution < -0.4 is 21.4 Å². The number of hydrogen-bond donors (Lipinski definition) is 3. The summed E-state index contributed by atoms with van der Waals surface area (Å²) in [7, 11) is 1.45. The van der Waals surface area contributed by atoms with Gasteiger partial charge < -0.3 is 11.1 Å². The van der Waals surface area contributed by atoms with Crippen LogP contribution in [0.5, 0.6) is 0 Å². The van der Waals surface area contributed by atoms with E-state index in [1.807, 2.05) is 12.1 Å². The maximum absolute atomic E-state index is 12.6. The van der Waals surface area contributed by atoms with Gasteiger partial charge >= 0.3 is 11.3 Å². The minimum Gasteiger partial charge on any atom is -0.383 e. The van der Waals surface area contributed by atoms with Crippen molar-refractivity contribution in [1.82, 2.24) is 10.3 Å². The number of benzene rings is 1. The number of nitrogens with one attached hydrogen (secondary N) is 2. The second-order valence-corrected chi connectivity index (χ2v) is 7.92. The SMILES string of the molecule is CC(Sc1nc(N)c(C#N)c(-c2c(=O)o[nH][n+]2C)c1C#N)C(=O)Nc1ccc([N+](=O)[O-])cc1. The summed E-state index contributed by atoms with van der Waals surface area (Å²) in [5.41, 5.74) is 4.83. The summed E-state index contributed by atoms with van der Waals surface area (Å²) < 4.78 is 5.92. The van der Waals surface area contributed by atoms with E-state index in [-0.39, 0.29) is 38.9 Å². The minimum atomic E-state index is -0.823. The van der Waals surface area contributed by atoms with Crippen LogP contribution in [0.4, 0.5) is 17.2 Å². The minimum absolute atomic E-state index is 0.0379.